The topological polar surface area (TPSA) is 106 Å². The molecule has 0 atom stereocenters. The molecule has 3 amide bonds. The molecule has 0 unspecified atom stereocenters. The molecule has 8 nitrogen and oxygen atoms in total. The van der Waals surface area contributed by atoms with Gasteiger partial charge in [0.1, 0.15) is 23.0 Å². The highest BCUT2D eigenvalue weighted by atomic mass is 19.1. The minimum absolute atomic E-state index is 0.00516. The van der Waals surface area contributed by atoms with E-state index in [1.54, 1.807) is 30.3 Å². The normalized spacial score (nSPS) is 15.0. The average molecular weight is 407 g/mol. The first-order valence-corrected chi connectivity index (χ1v) is 8.85. The number of hydrogen-bond donors (Lipinski definition) is 1. The van der Waals surface area contributed by atoms with Crippen molar-refractivity contribution in [2.75, 3.05) is 0 Å². The van der Waals surface area contributed by atoms with Crippen LogP contribution in [0.1, 0.15) is 11.3 Å². The summed E-state index contributed by atoms with van der Waals surface area (Å²) >= 11 is 0. The van der Waals surface area contributed by atoms with Gasteiger partial charge in [-0.25, -0.2) is 9.18 Å². The van der Waals surface area contributed by atoms with Gasteiger partial charge in [0, 0.05) is 12.1 Å². The molecule has 0 radical (unpaired) electrons. The zero-order valence-electron chi connectivity index (χ0n) is 15.4. The number of benzene rings is 2. The predicted molar refractivity (Wildman–Crippen MR) is 104 cm³/mol. The summed E-state index contributed by atoms with van der Waals surface area (Å²) < 4.78 is 18.7. The monoisotopic (exact) mass is 407 g/mol. The van der Waals surface area contributed by atoms with E-state index >= 15 is 0 Å². The van der Waals surface area contributed by atoms with E-state index in [2.05, 4.69) is 5.32 Å². The maximum absolute atomic E-state index is 13.0. The molecule has 30 heavy (non-hydrogen) atoms. The average Bonchev–Trinajstić information content (AvgIpc) is 3.30. The van der Waals surface area contributed by atoms with Gasteiger partial charge < -0.3 is 9.73 Å². The second kappa shape index (κ2) is 7.63. The Morgan fingerprint density at radius 3 is 2.53 bits per heavy atom. The number of nitrogens with zero attached hydrogens (tertiary/aromatic N) is 2. The number of amides is 3. The number of urea groups is 1. The first kappa shape index (κ1) is 19.1. The van der Waals surface area contributed by atoms with Crippen molar-refractivity contribution < 1.29 is 23.3 Å². The molecule has 2 aromatic carbocycles. The maximum Gasteiger partial charge on any atom is 0.329 e. The van der Waals surface area contributed by atoms with Crippen molar-refractivity contribution in [3.8, 4) is 11.3 Å². The molecule has 0 spiro atoms. The van der Waals surface area contributed by atoms with Gasteiger partial charge >= 0.3 is 6.03 Å². The van der Waals surface area contributed by atoms with Crippen LogP contribution in [-0.4, -0.2) is 21.8 Å². The van der Waals surface area contributed by atoms with Gasteiger partial charge in [0.25, 0.3) is 11.6 Å². The van der Waals surface area contributed by atoms with E-state index in [0.717, 1.165) is 4.90 Å². The van der Waals surface area contributed by atoms with E-state index in [0.29, 0.717) is 11.1 Å². The largest absolute Gasteiger partial charge is 0.456 e. The number of carbonyl (C=O) groups excluding carboxylic acids is 2. The van der Waals surface area contributed by atoms with E-state index in [4.69, 9.17) is 4.42 Å². The Morgan fingerprint density at radius 2 is 1.80 bits per heavy atom. The van der Waals surface area contributed by atoms with Gasteiger partial charge in [0.2, 0.25) is 0 Å². The summed E-state index contributed by atoms with van der Waals surface area (Å²) in [6.45, 7) is -0.0120. The summed E-state index contributed by atoms with van der Waals surface area (Å²) in [6, 6.07) is 14.1. The van der Waals surface area contributed by atoms with Gasteiger partial charge in [-0.05, 0) is 35.9 Å². The fourth-order valence-corrected chi connectivity index (χ4v) is 3.05. The van der Waals surface area contributed by atoms with Crippen LogP contribution in [0.3, 0.4) is 0 Å². The third-order valence-electron chi connectivity index (χ3n) is 4.50. The molecular formula is C21H14FN3O5. The van der Waals surface area contributed by atoms with Gasteiger partial charge in [0.05, 0.1) is 17.0 Å². The second-order valence-electron chi connectivity index (χ2n) is 6.48. The number of hydrogen-bond acceptors (Lipinski definition) is 5. The lowest BCUT2D eigenvalue weighted by Crippen LogP contribution is -2.30. The fourth-order valence-electron chi connectivity index (χ4n) is 3.05. The van der Waals surface area contributed by atoms with Crippen molar-refractivity contribution >= 4 is 23.7 Å². The van der Waals surface area contributed by atoms with Gasteiger partial charge in [-0.15, -0.1) is 0 Å². The van der Waals surface area contributed by atoms with Gasteiger partial charge in [-0.1, -0.05) is 24.3 Å². The maximum atomic E-state index is 13.0. The minimum atomic E-state index is -0.610. The molecule has 1 N–H and O–H groups in total. The van der Waals surface area contributed by atoms with E-state index in [1.807, 2.05) is 0 Å². The van der Waals surface area contributed by atoms with Crippen molar-refractivity contribution in [3.63, 3.8) is 0 Å². The highest BCUT2D eigenvalue weighted by Crippen LogP contribution is 2.31. The third kappa shape index (κ3) is 3.68. The zero-order chi connectivity index (χ0) is 21.3. The van der Waals surface area contributed by atoms with Crippen LogP contribution in [0.25, 0.3) is 17.4 Å². The number of rotatable bonds is 5. The first-order chi connectivity index (χ1) is 14.4. The van der Waals surface area contributed by atoms with Crippen molar-refractivity contribution in [1.29, 1.82) is 0 Å². The summed E-state index contributed by atoms with van der Waals surface area (Å²) in [5.74, 6) is -0.471. The fraction of sp³-hybridized carbons (Fsp3) is 0.0476. The number of para-hydroxylation sites is 1. The SMILES string of the molecule is O=C1N/C(=C\c2ccc(-c3ccccc3[N+](=O)[O-])o2)C(=O)N1Cc1ccc(F)cc1. The number of nitro benzene ring substituents is 1. The quantitative estimate of drug-likeness (QED) is 0.297. The van der Waals surface area contributed by atoms with Gasteiger partial charge in [-0.2, -0.15) is 0 Å². The summed E-state index contributed by atoms with van der Waals surface area (Å²) in [5, 5.41) is 13.7. The molecule has 0 aliphatic carbocycles. The molecule has 1 aromatic heterocycles. The molecule has 150 valence electrons. The van der Waals surface area contributed by atoms with Crippen molar-refractivity contribution in [1.82, 2.24) is 10.2 Å². The molecule has 1 aliphatic rings. The second-order valence-corrected chi connectivity index (χ2v) is 6.48. The lowest BCUT2D eigenvalue weighted by Gasteiger charge is -2.11. The number of imide groups is 1. The molecule has 1 aliphatic heterocycles. The highest BCUT2D eigenvalue weighted by Gasteiger charge is 2.33. The Balaban J connectivity index is 1.56. The molecule has 2 heterocycles. The van der Waals surface area contributed by atoms with Crippen LogP contribution in [0, 0.1) is 15.9 Å². The summed E-state index contributed by atoms with van der Waals surface area (Å²) in [5.41, 5.74) is 0.789. The Labute approximate surface area is 169 Å². The lowest BCUT2D eigenvalue weighted by atomic mass is 10.1. The summed E-state index contributed by atoms with van der Waals surface area (Å²) in [4.78, 5) is 36.4. The molecule has 4 rings (SSSR count). The Kier molecular flexibility index (Phi) is 4.85. The molecule has 0 saturated carbocycles. The van der Waals surface area contributed by atoms with Crippen LogP contribution in [0.4, 0.5) is 14.9 Å². The van der Waals surface area contributed by atoms with Gasteiger partial charge in [-0.3, -0.25) is 19.8 Å². The van der Waals surface area contributed by atoms with E-state index in [-0.39, 0.29) is 29.4 Å². The Hall–Kier alpha value is -4.27. The Bertz CT molecular complexity index is 1180. The van der Waals surface area contributed by atoms with E-state index in [9.17, 15) is 24.1 Å². The number of halogens is 1. The van der Waals surface area contributed by atoms with Crippen LogP contribution in [-0.2, 0) is 11.3 Å². The number of carbonyl (C=O) groups is 2. The molecule has 1 fully saturated rings. The number of furan rings is 1. The van der Waals surface area contributed by atoms with E-state index < -0.39 is 22.7 Å². The minimum Gasteiger partial charge on any atom is -0.456 e. The van der Waals surface area contributed by atoms with Crippen LogP contribution in [0.2, 0.25) is 0 Å². The van der Waals surface area contributed by atoms with Crippen LogP contribution >= 0.6 is 0 Å². The number of nitrogens with one attached hydrogen (secondary N) is 1. The highest BCUT2D eigenvalue weighted by molar-refractivity contribution is 6.13. The van der Waals surface area contributed by atoms with Crippen molar-refractivity contribution in [2.45, 2.75) is 6.54 Å². The Morgan fingerprint density at radius 1 is 1.07 bits per heavy atom. The smallest absolute Gasteiger partial charge is 0.329 e. The lowest BCUT2D eigenvalue weighted by molar-refractivity contribution is -0.384. The van der Waals surface area contributed by atoms with Crippen molar-refractivity contribution in [3.05, 3.63) is 93.6 Å². The molecule has 9 heteroatoms. The molecular weight excluding hydrogens is 393 g/mol. The summed E-state index contributed by atoms with van der Waals surface area (Å²) in [6.07, 6.45) is 1.35. The van der Waals surface area contributed by atoms with Crippen LogP contribution in [0.15, 0.2) is 70.8 Å². The number of nitro groups is 1. The van der Waals surface area contributed by atoms with Gasteiger partial charge in [0.15, 0.2) is 0 Å². The van der Waals surface area contributed by atoms with E-state index in [1.165, 1.54) is 36.4 Å². The third-order valence-corrected chi connectivity index (χ3v) is 4.50. The first-order valence-electron chi connectivity index (χ1n) is 8.85. The molecule has 3 aromatic rings. The predicted octanol–water partition coefficient (Wildman–Crippen LogP) is 4.09. The summed E-state index contributed by atoms with van der Waals surface area (Å²) in [7, 11) is 0. The van der Waals surface area contributed by atoms with Crippen LogP contribution < -0.4 is 5.32 Å². The van der Waals surface area contributed by atoms with Crippen molar-refractivity contribution in [2.24, 2.45) is 0 Å². The molecule has 1 saturated heterocycles. The zero-order valence-corrected chi connectivity index (χ0v) is 15.4. The van der Waals surface area contributed by atoms with Crippen LogP contribution in [0.5, 0.6) is 0 Å². The standard InChI is InChI=1S/C21H14FN3O5/c22-14-7-5-13(6-8-14)12-24-20(26)17(23-21(24)27)11-15-9-10-19(30-15)16-3-1-2-4-18(16)25(28)29/h1-11H,12H2,(H,23,27)/b17-11-. The molecule has 0 bridgehead atoms.